The molecule has 2 N–H and O–H groups in total. The third-order valence-corrected chi connectivity index (χ3v) is 3.46. The zero-order chi connectivity index (χ0) is 16.9. The number of halogens is 1. The number of amides is 2. The Morgan fingerprint density at radius 1 is 1.12 bits per heavy atom. The molecule has 0 fully saturated rings. The van der Waals surface area contributed by atoms with Crippen LogP contribution in [0.5, 0.6) is 11.5 Å². The van der Waals surface area contributed by atoms with Crippen LogP contribution in [-0.4, -0.2) is 24.5 Å². The maximum atomic E-state index is 13.3. The van der Waals surface area contributed by atoms with Crippen LogP contribution in [0.3, 0.4) is 0 Å². The van der Waals surface area contributed by atoms with Gasteiger partial charge in [0.25, 0.3) is 11.8 Å². The van der Waals surface area contributed by atoms with Crippen molar-refractivity contribution in [2.45, 2.75) is 12.5 Å². The molecule has 0 spiro atoms. The van der Waals surface area contributed by atoms with Gasteiger partial charge in [0.05, 0.1) is 0 Å². The van der Waals surface area contributed by atoms with E-state index in [2.05, 4.69) is 10.9 Å². The molecule has 0 aromatic heterocycles. The van der Waals surface area contributed by atoms with Crippen LogP contribution in [0.15, 0.2) is 48.5 Å². The third kappa shape index (κ3) is 3.62. The van der Waals surface area contributed by atoms with Gasteiger partial charge in [-0.15, -0.1) is 0 Å². The summed E-state index contributed by atoms with van der Waals surface area (Å²) in [6, 6.07) is 13.1. The van der Waals surface area contributed by atoms with Crippen molar-refractivity contribution < 1.29 is 23.5 Å². The zero-order valence-corrected chi connectivity index (χ0v) is 12.6. The van der Waals surface area contributed by atoms with Gasteiger partial charge in [-0.3, -0.25) is 20.4 Å². The molecule has 0 saturated heterocycles. The average Bonchev–Trinajstić information content (AvgIpc) is 3.03. The van der Waals surface area contributed by atoms with E-state index in [4.69, 9.17) is 9.47 Å². The summed E-state index contributed by atoms with van der Waals surface area (Å²) < 4.78 is 23.9. The van der Waals surface area contributed by atoms with E-state index in [-0.39, 0.29) is 5.75 Å². The summed E-state index contributed by atoms with van der Waals surface area (Å²) in [5.41, 5.74) is 5.42. The predicted molar refractivity (Wildman–Crippen MR) is 82.7 cm³/mol. The molecule has 24 heavy (non-hydrogen) atoms. The van der Waals surface area contributed by atoms with Gasteiger partial charge in [0.1, 0.15) is 5.75 Å². The Balaban J connectivity index is 1.44. The van der Waals surface area contributed by atoms with Crippen molar-refractivity contribution in [1.29, 1.82) is 0 Å². The minimum Gasteiger partial charge on any atom is -0.481 e. The van der Waals surface area contributed by atoms with Crippen LogP contribution in [-0.2, 0) is 16.0 Å². The van der Waals surface area contributed by atoms with Gasteiger partial charge in [-0.2, -0.15) is 0 Å². The lowest BCUT2D eigenvalue weighted by Gasteiger charge is -2.12. The third-order valence-electron chi connectivity index (χ3n) is 3.46. The average molecular weight is 330 g/mol. The lowest BCUT2D eigenvalue weighted by atomic mass is 10.1. The summed E-state index contributed by atoms with van der Waals surface area (Å²) in [4.78, 5) is 23.6. The Bertz CT molecular complexity index is 741. The number of hydrazine groups is 1. The number of nitrogens with one attached hydrogen (secondary N) is 2. The van der Waals surface area contributed by atoms with E-state index < -0.39 is 30.3 Å². The highest BCUT2D eigenvalue weighted by Gasteiger charge is 2.28. The first kappa shape index (κ1) is 15.8. The van der Waals surface area contributed by atoms with Gasteiger partial charge in [-0.05, 0) is 23.8 Å². The van der Waals surface area contributed by atoms with Crippen LogP contribution in [0.2, 0.25) is 0 Å². The van der Waals surface area contributed by atoms with Gasteiger partial charge in [0.2, 0.25) is 0 Å². The SMILES string of the molecule is O=C(COc1ccccc1F)NNC(=O)[C@H]1Cc2ccccc2O1. The Morgan fingerprint density at radius 3 is 2.67 bits per heavy atom. The van der Waals surface area contributed by atoms with E-state index in [0.717, 1.165) is 5.56 Å². The van der Waals surface area contributed by atoms with E-state index in [1.165, 1.54) is 18.2 Å². The van der Waals surface area contributed by atoms with Crippen molar-refractivity contribution >= 4 is 11.8 Å². The predicted octanol–water partition coefficient (Wildman–Crippen LogP) is 1.36. The second kappa shape index (κ2) is 6.99. The molecule has 0 saturated carbocycles. The molecule has 6 nitrogen and oxygen atoms in total. The molecule has 7 heteroatoms. The van der Waals surface area contributed by atoms with Crippen LogP contribution < -0.4 is 20.3 Å². The molecule has 2 aromatic rings. The lowest BCUT2D eigenvalue weighted by molar-refractivity contribution is -0.133. The number of para-hydroxylation sites is 2. The van der Waals surface area contributed by atoms with Crippen molar-refractivity contribution in [1.82, 2.24) is 10.9 Å². The van der Waals surface area contributed by atoms with E-state index in [0.29, 0.717) is 12.2 Å². The van der Waals surface area contributed by atoms with Crippen molar-refractivity contribution in [2.24, 2.45) is 0 Å². The smallest absolute Gasteiger partial charge is 0.279 e. The van der Waals surface area contributed by atoms with Crippen molar-refractivity contribution in [3.05, 3.63) is 59.9 Å². The first-order valence-electron chi connectivity index (χ1n) is 7.34. The summed E-state index contributed by atoms with van der Waals surface area (Å²) in [6.07, 6.45) is -0.265. The fourth-order valence-electron chi connectivity index (χ4n) is 2.28. The van der Waals surface area contributed by atoms with Crippen LogP contribution in [0.1, 0.15) is 5.56 Å². The molecule has 0 radical (unpaired) electrons. The largest absolute Gasteiger partial charge is 0.481 e. The second-order valence-electron chi connectivity index (χ2n) is 5.17. The minimum absolute atomic E-state index is 0.0337. The van der Waals surface area contributed by atoms with Gasteiger partial charge >= 0.3 is 0 Å². The van der Waals surface area contributed by atoms with Gasteiger partial charge in [0, 0.05) is 6.42 Å². The van der Waals surface area contributed by atoms with Crippen molar-refractivity contribution in [3.63, 3.8) is 0 Å². The van der Waals surface area contributed by atoms with Crippen LogP contribution in [0.4, 0.5) is 4.39 Å². The molecular formula is C17H15FN2O4. The highest BCUT2D eigenvalue weighted by molar-refractivity contribution is 5.86. The maximum Gasteiger partial charge on any atom is 0.279 e. The van der Waals surface area contributed by atoms with E-state index >= 15 is 0 Å². The first-order chi connectivity index (χ1) is 11.6. The van der Waals surface area contributed by atoms with Crippen molar-refractivity contribution in [3.8, 4) is 11.5 Å². The van der Waals surface area contributed by atoms with Gasteiger partial charge in [0.15, 0.2) is 24.3 Å². The number of hydrogen-bond donors (Lipinski definition) is 2. The molecule has 2 aromatic carbocycles. The number of carbonyl (C=O) groups excluding carboxylic acids is 2. The molecule has 0 bridgehead atoms. The molecular weight excluding hydrogens is 315 g/mol. The Hall–Kier alpha value is -3.09. The summed E-state index contributed by atoms with van der Waals surface area (Å²) >= 11 is 0. The Labute approximate surface area is 137 Å². The number of benzene rings is 2. The van der Waals surface area contributed by atoms with Crippen LogP contribution in [0.25, 0.3) is 0 Å². The van der Waals surface area contributed by atoms with Crippen molar-refractivity contribution in [2.75, 3.05) is 6.61 Å². The summed E-state index contributed by atoms with van der Waals surface area (Å²) in [5, 5.41) is 0. The molecule has 1 aliphatic rings. The van der Waals surface area contributed by atoms with Gasteiger partial charge in [-0.1, -0.05) is 30.3 Å². The molecule has 0 aliphatic carbocycles. The van der Waals surface area contributed by atoms with Gasteiger partial charge < -0.3 is 9.47 Å². The maximum absolute atomic E-state index is 13.3. The molecule has 1 heterocycles. The quantitative estimate of drug-likeness (QED) is 0.830. The number of ether oxygens (including phenoxy) is 2. The van der Waals surface area contributed by atoms with Crippen LogP contribution >= 0.6 is 0 Å². The van der Waals surface area contributed by atoms with E-state index in [9.17, 15) is 14.0 Å². The molecule has 2 amide bonds. The highest BCUT2D eigenvalue weighted by Crippen LogP contribution is 2.27. The number of carbonyl (C=O) groups is 2. The van der Waals surface area contributed by atoms with E-state index in [1.807, 2.05) is 18.2 Å². The number of hydrogen-bond acceptors (Lipinski definition) is 4. The van der Waals surface area contributed by atoms with E-state index in [1.54, 1.807) is 12.1 Å². The Morgan fingerprint density at radius 2 is 1.88 bits per heavy atom. The molecule has 1 aliphatic heterocycles. The lowest BCUT2D eigenvalue weighted by Crippen LogP contribution is -2.49. The second-order valence-corrected chi connectivity index (χ2v) is 5.17. The number of fused-ring (bicyclic) bond motifs is 1. The number of rotatable bonds is 4. The molecule has 3 rings (SSSR count). The summed E-state index contributed by atoms with van der Waals surface area (Å²) in [7, 11) is 0. The fraction of sp³-hybridized carbons (Fsp3) is 0.176. The molecule has 1 atom stereocenters. The molecule has 0 unspecified atom stereocenters. The monoisotopic (exact) mass is 330 g/mol. The zero-order valence-electron chi connectivity index (χ0n) is 12.6. The summed E-state index contributed by atoms with van der Waals surface area (Å²) in [6.45, 7) is -0.424. The summed E-state index contributed by atoms with van der Waals surface area (Å²) in [5.74, 6) is -1.01. The fourth-order valence-corrected chi connectivity index (χ4v) is 2.28. The van der Waals surface area contributed by atoms with Gasteiger partial charge in [-0.25, -0.2) is 4.39 Å². The van der Waals surface area contributed by atoms with Crippen LogP contribution in [0, 0.1) is 5.82 Å². The first-order valence-corrected chi connectivity index (χ1v) is 7.34. The topological polar surface area (TPSA) is 76.7 Å². The minimum atomic E-state index is -0.699. The molecule has 124 valence electrons. The normalized spacial score (nSPS) is 15.1. The standard InChI is InChI=1S/C17H15FN2O4/c18-12-6-2-4-8-14(12)23-10-16(21)19-20-17(22)15-9-11-5-1-3-7-13(11)24-15/h1-8,15H,9-10H2,(H,19,21)(H,20,22)/t15-/m1/s1. The highest BCUT2D eigenvalue weighted by atomic mass is 19.1. The Kier molecular flexibility index (Phi) is 4.60.